The molecule has 142 valence electrons. The van der Waals surface area contributed by atoms with Crippen LogP contribution in [0.1, 0.15) is 23.0 Å². The van der Waals surface area contributed by atoms with Crippen molar-refractivity contribution < 1.29 is 13.7 Å². The van der Waals surface area contributed by atoms with Gasteiger partial charge in [-0.05, 0) is 44.2 Å². The molecule has 4 rings (SSSR count). The maximum Gasteiger partial charge on any atom is 0.259 e. The average Bonchev–Trinajstić information content (AvgIpc) is 3.31. The first-order valence-electron chi connectivity index (χ1n) is 8.53. The number of nitrogens with one attached hydrogen (secondary N) is 1. The van der Waals surface area contributed by atoms with Gasteiger partial charge in [-0.1, -0.05) is 16.8 Å². The Bertz CT molecular complexity index is 1200. The van der Waals surface area contributed by atoms with E-state index in [0.29, 0.717) is 40.3 Å². The quantitative estimate of drug-likeness (QED) is 0.547. The molecule has 0 aliphatic heterocycles. The fourth-order valence-electron chi connectivity index (χ4n) is 2.85. The van der Waals surface area contributed by atoms with Crippen LogP contribution in [0.25, 0.3) is 22.5 Å². The van der Waals surface area contributed by atoms with Gasteiger partial charge in [0.1, 0.15) is 11.5 Å². The summed E-state index contributed by atoms with van der Waals surface area (Å²) < 4.78 is 20.4. The minimum absolute atomic E-state index is 0.0790. The van der Waals surface area contributed by atoms with Crippen molar-refractivity contribution >= 4 is 34.3 Å². The second kappa shape index (κ2) is 7.05. The zero-order chi connectivity index (χ0) is 19.8. The largest absolute Gasteiger partial charge is 0.335 e. The Balaban J connectivity index is 1.78. The van der Waals surface area contributed by atoms with Crippen molar-refractivity contribution in [1.82, 2.24) is 19.9 Å². The van der Waals surface area contributed by atoms with Gasteiger partial charge in [-0.2, -0.15) is 5.10 Å². The van der Waals surface area contributed by atoms with Crippen LogP contribution in [0, 0.1) is 12.7 Å². The number of aryl methyl sites for hydroxylation is 2. The molecule has 7 nitrogen and oxygen atoms in total. The van der Waals surface area contributed by atoms with Crippen molar-refractivity contribution in [2.45, 2.75) is 20.4 Å². The number of pyridine rings is 1. The molecule has 0 saturated heterocycles. The summed E-state index contributed by atoms with van der Waals surface area (Å²) in [6, 6.07) is 7.41. The van der Waals surface area contributed by atoms with Crippen molar-refractivity contribution in [3.63, 3.8) is 0 Å². The summed E-state index contributed by atoms with van der Waals surface area (Å²) in [6.45, 7) is 4.41. The van der Waals surface area contributed by atoms with Gasteiger partial charge in [-0.25, -0.2) is 9.37 Å². The molecule has 0 aliphatic rings. The predicted molar refractivity (Wildman–Crippen MR) is 103 cm³/mol. The number of halogens is 2. The number of carbonyl (C=O) groups is 1. The monoisotopic (exact) mass is 399 g/mol. The Morgan fingerprint density at radius 3 is 2.82 bits per heavy atom. The van der Waals surface area contributed by atoms with E-state index in [-0.39, 0.29) is 10.7 Å². The van der Waals surface area contributed by atoms with Gasteiger partial charge in [0.25, 0.3) is 11.6 Å². The molecule has 0 aliphatic carbocycles. The molecule has 1 amide bonds. The Hall–Kier alpha value is -3.26. The maximum atomic E-state index is 13.4. The molecule has 0 atom stereocenters. The summed E-state index contributed by atoms with van der Waals surface area (Å²) in [6.07, 6.45) is 1.83. The number of hydrogen-bond donors (Lipinski definition) is 1. The van der Waals surface area contributed by atoms with Crippen LogP contribution in [0.3, 0.4) is 0 Å². The molecule has 9 heteroatoms. The molecule has 0 fully saturated rings. The molecule has 3 aromatic heterocycles. The van der Waals surface area contributed by atoms with E-state index in [1.807, 2.05) is 19.2 Å². The van der Waals surface area contributed by atoms with Crippen LogP contribution in [0.2, 0.25) is 5.02 Å². The van der Waals surface area contributed by atoms with Gasteiger partial charge in [-0.15, -0.1) is 0 Å². The number of rotatable bonds is 4. The van der Waals surface area contributed by atoms with E-state index < -0.39 is 11.7 Å². The normalized spacial score (nSPS) is 11.1. The maximum absolute atomic E-state index is 13.4. The summed E-state index contributed by atoms with van der Waals surface area (Å²) in [5.74, 6) is -0.979. The zero-order valence-electron chi connectivity index (χ0n) is 15.0. The SMILES string of the molecule is CCn1ccc(-c2cc(C(=O)Nc3ccc(F)c(Cl)c3)c3c(C)noc3n2)n1. The van der Waals surface area contributed by atoms with E-state index in [1.54, 1.807) is 17.7 Å². The van der Waals surface area contributed by atoms with Crippen LogP contribution >= 0.6 is 11.6 Å². The highest BCUT2D eigenvalue weighted by molar-refractivity contribution is 6.31. The molecule has 0 bridgehead atoms. The summed E-state index contributed by atoms with van der Waals surface area (Å²) in [5, 5.41) is 11.5. The van der Waals surface area contributed by atoms with Crippen molar-refractivity contribution in [3.8, 4) is 11.4 Å². The van der Waals surface area contributed by atoms with Gasteiger partial charge in [0.15, 0.2) is 0 Å². The van der Waals surface area contributed by atoms with Crippen LogP contribution in [0.15, 0.2) is 41.1 Å². The van der Waals surface area contributed by atoms with Gasteiger partial charge >= 0.3 is 0 Å². The lowest BCUT2D eigenvalue weighted by atomic mass is 10.1. The number of hydrogen-bond acceptors (Lipinski definition) is 5. The van der Waals surface area contributed by atoms with Gasteiger partial charge in [0, 0.05) is 18.4 Å². The highest BCUT2D eigenvalue weighted by Crippen LogP contribution is 2.27. The molecule has 0 radical (unpaired) electrons. The molecule has 0 spiro atoms. The van der Waals surface area contributed by atoms with Crippen molar-refractivity contribution in [2.24, 2.45) is 0 Å². The number of anilines is 1. The Morgan fingerprint density at radius 1 is 1.29 bits per heavy atom. The third kappa shape index (κ3) is 3.22. The van der Waals surface area contributed by atoms with E-state index in [4.69, 9.17) is 16.1 Å². The van der Waals surface area contributed by atoms with Crippen molar-refractivity contribution in [3.05, 3.63) is 58.6 Å². The van der Waals surface area contributed by atoms with E-state index in [1.165, 1.54) is 18.2 Å². The second-order valence-corrected chi connectivity index (χ2v) is 6.55. The lowest BCUT2D eigenvalue weighted by molar-refractivity contribution is 0.102. The Kier molecular flexibility index (Phi) is 4.56. The number of carbonyl (C=O) groups excluding carboxylic acids is 1. The first-order chi connectivity index (χ1) is 13.5. The van der Waals surface area contributed by atoms with Crippen LogP contribution in [-0.2, 0) is 6.54 Å². The standard InChI is InChI=1S/C19H15ClFN5O2/c1-3-26-7-6-15(24-26)16-9-12(17-10(2)25-28-19(17)23-16)18(27)22-11-4-5-14(21)13(20)8-11/h4-9H,3H2,1-2H3,(H,22,27). The minimum atomic E-state index is -0.561. The number of aromatic nitrogens is 4. The fourth-order valence-corrected chi connectivity index (χ4v) is 3.03. The first kappa shape index (κ1) is 18.1. The molecular formula is C19H15ClFN5O2. The lowest BCUT2D eigenvalue weighted by Gasteiger charge is -2.08. The van der Waals surface area contributed by atoms with Crippen LogP contribution in [0.4, 0.5) is 10.1 Å². The zero-order valence-corrected chi connectivity index (χ0v) is 15.8. The third-order valence-electron chi connectivity index (χ3n) is 4.27. The topological polar surface area (TPSA) is 85.8 Å². The van der Waals surface area contributed by atoms with E-state index in [0.717, 1.165) is 0 Å². The third-order valence-corrected chi connectivity index (χ3v) is 4.56. The Labute approximate surface area is 164 Å². The summed E-state index contributed by atoms with van der Waals surface area (Å²) in [7, 11) is 0. The van der Waals surface area contributed by atoms with E-state index in [2.05, 4.69) is 20.6 Å². The first-order valence-corrected chi connectivity index (χ1v) is 8.91. The number of amides is 1. The molecule has 0 saturated carbocycles. The summed E-state index contributed by atoms with van der Waals surface area (Å²) >= 11 is 5.80. The molecule has 1 N–H and O–H groups in total. The molecular weight excluding hydrogens is 385 g/mol. The molecule has 4 aromatic rings. The average molecular weight is 400 g/mol. The van der Waals surface area contributed by atoms with Gasteiger partial charge in [0.05, 0.1) is 27.4 Å². The van der Waals surface area contributed by atoms with Gasteiger partial charge in [-0.3, -0.25) is 9.48 Å². The fraction of sp³-hybridized carbons (Fsp3) is 0.158. The number of benzene rings is 1. The minimum Gasteiger partial charge on any atom is -0.335 e. The number of fused-ring (bicyclic) bond motifs is 1. The van der Waals surface area contributed by atoms with E-state index >= 15 is 0 Å². The van der Waals surface area contributed by atoms with Crippen LogP contribution in [0.5, 0.6) is 0 Å². The Morgan fingerprint density at radius 2 is 2.11 bits per heavy atom. The molecule has 1 aromatic carbocycles. The highest BCUT2D eigenvalue weighted by atomic mass is 35.5. The number of nitrogens with zero attached hydrogens (tertiary/aromatic N) is 4. The van der Waals surface area contributed by atoms with E-state index in [9.17, 15) is 9.18 Å². The lowest BCUT2D eigenvalue weighted by Crippen LogP contribution is -2.13. The summed E-state index contributed by atoms with van der Waals surface area (Å²) in [5.41, 5.74) is 2.56. The van der Waals surface area contributed by atoms with Crippen molar-refractivity contribution in [2.75, 3.05) is 5.32 Å². The summed E-state index contributed by atoms with van der Waals surface area (Å²) in [4.78, 5) is 17.4. The van der Waals surface area contributed by atoms with Crippen molar-refractivity contribution in [1.29, 1.82) is 0 Å². The van der Waals surface area contributed by atoms with Crippen LogP contribution < -0.4 is 5.32 Å². The molecule has 28 heavy (non-hydrogen) atoms. The molecule has 3 heterocycles. The second-order valence-electron chi connectivity index (χ2n) is 6.14. The van der Waals surface area contributed by atoms with Gasteiger partial charge in [0.2, 0.25) is 0 Å². The smallest absolute Gasteiger partial charge is 0.259 e. The van der Waals surface area contributed by atoms with Gasteiger partial charge < -0.3 is 9.84 Å². The van der Waals surface area contributed by atoms with Crippen LogP contribution in [-0.4, -0.2) is 25.8 Å². The molecule has 0 unspecified atom stereocenters. The highest BCUT2D eigenvalue weighted by Gasteiger charge is 2.20. The predicted octanol–water partition coefficient (Wildman–Crippen LogP) is 4.46.